The van der Waals surface area contributed by atoms with E-state index in [0.29, 0.717) is 5.95 Å². The summed E-state index contributed by atoms with van der Waals surface area (Å²) in [5.41, 5.74) is 8.31. The Morgan fingerprint density at radius 1 is 0.451 bits per heavy atom. The van der Waals surface area contributed by atoms with Crippen LogP contribution in [0.2, 0.25) is 0 Å². The summed E-state index contributed by atoms with van der Waals surface area (Å²) in [6.07, 6.45) is 0. The molecule has 0 atom stereocenters. The molecule has 1 aliphatic rings. The van der Waals surface area contributed by atoms with E-state index >= 15 is 0 Å². The second-order valence-corrected chi connectivity index (χ2v) is 13.4. The zero-order valence-electron chi connectivity index (χ0n) is 27.2. The molecule has 0 unspecified atom stereocenters. The molecular weight excluding hydrogens is 625 g/mol. The number of para-hydroxylation sites is 2. The minimum atomic E-state index is 0.634. The standard InChI is InChI=1S/C46H26N4O/c1-2-12-29-26-30(22-20-27(29)10-1)49-37-17-7-5-14-32(37)33-24-25-39-41(44(33)49)34-15-6-8-18-38(34)50(39)46-47-36-16-9-19-40-42(36)43(48-46)35-23-21-28-11-3-4-13-31(28)45(35)51-40/h1-26H. The molecule has 0 radical (unpaired) electrons. The lowest BCUT2D eigenvalue weighted by molar-refractivity contribution is 0.492. The molecule has 236 valence electrons. The van der Waals surface area contributed by atoms with Gasteiger partial charge in [-0.15, -0.1) is 0 Å². The Labute approximate surface area is 291 Å². The second-order valence-electron chi connectivity index (χ2n) is 13.4. The second kappa shape index (κ2) is 9.80. The summed E-state index contributed by atoms with van der Waals surface area (Å²) in [5.74, 6) is 2.25. The van der Waals surface area contributed by atoms with Crippen molar-refractivity contribution < 1.29 is 4.74 Å². The van der Waals surface area contributed by atoms with Crippen LogP contribution < -0.4 is 4.74 Å². The van der Waals surface area contributed by atoms with Crippen molar-refractivity contribution in [1.29, 1.82) is 0 Å². The van der Waals surface area contributed by atoms with E-state index in [1.807, 2.05) is 12.1 Å². The van der Waals surface area contributed by atoms with Crippen LogP contribution in [-0.2, 0) is 0 Å². The Morgan fingerprint density at radius 2 is 1.18 bits per heavy atom. The van der Waals surface area contributed by atoms with E-state index in [0.717, 1.165) is 66.5 Å². The van der Waals surface area contributed by atoms with Gasteiger partial charge in [-0.2, -0.15) is 0 Å². The summed E-state index contributed by atoms with van der Waals surface area (Å²) in [7, 11) is 0. The Bertz CT molecular complexity index is 3300. The SMILES string of the molecule is c1ccc2cc(-n3c4ccccc4c4ccc5c(c6ccccc6n5-c5nc6c7c(cccc7n5)Oc5c-6ccc6ccccc56)c43)ccc2c1. The van der Waals surface area contributed by atoms with Crippen molar-refractivity contribution in [2.75, 3.05) is 0 Å². The topological polar surface area (TPSA) is 44.9 Å². The highest BCUT2D eigenvalue weighted by molar-refractivity contribution is 6.26. The van der Waals surface area contributed by atoms with Crippen LogP contribution in [-0.4, -0.2) is 19.1 Å². The van der Waals surface area contributed by atoms with Gasteiger partial charge in [-0.1, -0.05) is 109 Å². The normalized spacial score (nSPS) is 12.5. The van der Waals surface area contributed by atoms with Crippen LogP contribution in [0.25, 0.3) is 99.0 Å². The van der Waals surface area contributed by atoms with E-state index in [-0.39, 0.29) is 0 Å². The van der Waals surface area contributed by atoms with Crippen LogP contribution in [0.1, 0.15) is 0 Å². The van der Waals surface area contributed by atoms with Crippen molar-refractivity contribution in [2.24, 2.45) is 0 Å². The maximum atomic E-state index is 6.60. The van der Waals surface area contributed by atoms with Crippen molar-refractivity contribution >= 4 is 76.1 Å². The van der Waals surface area contributed by atoms with Crippen LogP contribution in [0, 0.1) is 0 Å². The predicted molar refractivity (Wildman–Crippen MR) is 209 cm³/mol. The lowest BCUT2D eigenvalue weighted by Crippen LogP contribution is -2.06. The first-order chi connectivity index (χ1) is 25.3. The van der Waals surface area contributed by atoms with Crippen LogP contribution in [0.5, 0.6) is 11.5 Å². The third kappa shape index (κ3) is 3.59. The number of hydrogen-bond acceptors (Lipinski definition) is 3. The Balaban J connectivity index is 1.21. The molecule has 3 aromatic heterocycles. The first-order valence-corrected chi connectivity index (χ1v) is 17.3. The average molecular weight is 651 g/mol. The highest BCUT2D eigenvalue weighted by atomic mass is 16.5. The monoisotopic (exact) mass is 650 g/mol. The number of fused-ring (bicyclic) bond motifs is 12. The molecule has 0 saturated heterocycles. The molecule has 0 spiro atoms. The van der Waals surface area contributed by atoms with Crippen molar-refractivity contribution in [3.63, 3.8) is 0 Å². The van der Waals surface area contributed by atoms with Gasteiger partial charge in [-0.05, 0) is 64.7 Å². The van der Waals surface area contributed by atoms with E-state index in [1.54, 1.807) is 0 Å². The van der Waals surface area contributed by atoms with E-state index in [2.05, 4.69) is 155 Å². The van der Waals surface area contributed by atoms with E-state index < -0.39 is 0 Å². The van der Waals surface area contributed by atoms with Crippen molar-refractivity contribution in [1.82, 2.24) is 19.1 Å². The molecule has 0 aliphatic carbocycles. The van der Waals surface area contributed by atoms with Crippen molar-refractivity contribution in [3.8, 4) is 34.4 Å². The molecule has 0 bridgehead atoms. The fourth-order valence-corrected chi connectivity index (χ4v) is 8.48. The summed E-state index contributed by atoms with van der Waals surface area (Å²) >= 11 is 0. The summed E-state index contributed by atoms with van der Waals surface area (Å²) in [6.45, 7) is 0. The number of rotatable bonds is 2. The molecule has 0 amide bonds. The highest BCUT2D eigenvalue weighted by Crippen LogP contribution is 2.49. The predicted octanol–water partition coefficient (Wildman–Crippen LogP) is 11.9. The molecule has 4 heterocycles. The third-order valence-corrected chi connectivity index (χ3v) is 10.7. The summed E-state index contributed by atoms with van der Waals surface area (Å²) in [6, 6.07) is 56.0. The van der Waals surface area contributed by atoms with Gasteiger partial charge >= 0.3 is 0 Å². The first kappa shape index (κ1) is 26.9. The lowest BCUT2D eigenvalue weighted by Gasteiger charge is -2.22. The van der Waals surface area contributed by atoms with Crippen molar-refractivity contribution in [2.45, 2.75) is 0 Å². The Hall–Kier alpha value is -6.98. The number of hydrogen-bond donors (Lipinski definition) is 0. The molecule has 5 heteroatoms. The maximum absolute atomic E-state index is 6.60. The number of nitrogens with zero attached hydrogens (tertiary/aromatic N) is 4. The molecular formula is C46H26N4O. The van der Waals surface area contributed by atoms with Gasteiger partial charge in [-0.25, -0.2) is 9.97 Å². The summed E-state index contributed by atoms with van der Waals surface area (Å²) in [4.78, 5) is 10.7. The fourth-order valence-electron chi connectivity index (χ4n) is 8.48. The molecule has 12 rings (SSSR count). The summed E-state index contributed by atoms with van der Waals surface area (Å²) < 4.78 is 11.3. The zero-order chi connectivity index (χ0) is 33.2. The largest absolute Gasteiger partial charge is 0.455 e. The molecule has 11 aromatic rings. The minimum Gasteiger partial charge on any atom is -0.455 e. The zero-order valence-corrected chi connectivity index (χ0v) is 27.2. The minimum absolute atomic E-state index is 0.634. The number of benzene rings is 8. The van der Waals surface area contributed by atoms with Gasteiger partial charge in [0.25, 0.3) is 0 Å². The Kier molecular flexibility index (Phi) is 5.17. The first-order valence-electron chi connectivity index (χ1n) is 17.3. The quantitative estimate of drug-likeness (QED) is 0.187. The maximum Gasteiger partial charge on any atom is 0.235 e. The number of ether oxygens (including phenoxy) is 1. The van der Waals surface area contributed by atoms with E-state index in [1.165, 1.54) is 38.0 Å². The van der Waals surface area contributed by atoms with Gasteiger partial charge in [0.2, 0.25) is 5.95 Å². The third-order valence-electron chi connectivity index (χ3n) is 10.7. The van der Waals surface area contributed by atoms with Gasteiger partial charge in [0.05, 0.1) is 38.7 Å². The van der Waals surface area contributed by atoms with E-state index in [4.69, 9.17) is 14.7 Å². The van der Waals surface area contributed by atoms with Crippen LogP contribution in [0.4, 0.5) is 0 Å². The Morgan fingerprint density at radius 3 is 2.06 bits per heavy atom. The molecule has 0 saturated carbocycles. The fraction of sp³-hybridized carbons (Fsp3) is 0. The molecule has 1 aliphatic heterocycles. The van der Waals surface area contributed by atoms with Gasteiger partial charge in [-0.3, -0.25) is 4.57 Å². The van der Waals surface area contributed by atoms with E-state index in [9.17, 15) is 0 Å². The van der Waals surface area contributed by atoms with Gasteiger partial charge in [0.1, 0.15) is 11.5 Å². The van der Waals surface area contributed by atoms with Gasteiger partial charge in [0, 0.05) is 38.2 Å². The lowest BCUT2D eigenvalue weighted by atomic mass is 9.98. The van der Waals surface area contributed by atoms with Crippen LogP contribution in [0.15, 0.2) is 158 Å². The van der Waals surface area contributed by atoms with Gasteiger partial charge < -0.3 is 9.30 Å². The van der Waals surface area contributed by atoms with Gasteiger partial charge in [0.15, 0.2) is 0 Å². The average Bonchev–Trinajstić information content (AvgIpc) is 3.71. The van der Waals surface area contributed by atoms with Crippen LogP contribution in [0.3, 0.4) is 0 Å². The molecule has 8 aromatic carbocycles. The smallest absolute Gasteiger partial charge is 0.235 e. The molecule has 0 N–H and O–H groups in total. The van der Waals surface area contributed by atoms with Crippen LogP contribution >= 0.6 is 0 Å². The molecule has 5 nitrogen and oxygen atoms in total. The highest BCUT2D eigenvalue weighted by Gasteiger charge is 2.27. The summed E-state index contributed by atoms with van der Waals surface area (Å²) in [5, 5.41) is 10.3. The molecule has 0 fully saturated rings. The molecule has 51 heavy (non-hydrogen) atoms. The van der Waals surface area contributed by atoms with Crippen molar-refractivity contribution in [3.05, 3.63) is 158 Å². The number of aromatic nitrogens is 4.